The van der Waals surface area contributed by atoms with E-state index >= 15 is 0 Å². The zero-order valence-electron chi connectivity index (χ0n) is 11.7. The smallest absolute Gasteiger partial charge is 0.324 e. The van der Waals surface area contributed by atoms with E-state index in [1.165, 1.54) is 26.5 Å². The van der Waals surface area contributed by atoms with E-state index in [2.05, 4.69) is 20.6 Å². The van der Waals surface area contributed by atoms with Crippen LogP contribution in [-0.2, 0) is 0 Å². The summed E-state index contributed by atoms with van der Waals surface area (Å²) in [6, 6.07) is 2.40. The van der Waals surface area contributed by atoms with Crippen LogP contribution in [-0.4, -0.2) is 30.2 Å². The Bertz CT molecular complexity index is 677. The van der Waals surface area contributed by atoms with Crippen LogP contribution in [0.15, 0.2) is 24.4 Å². The third-order valence-corrected chi connectivity index (χ3v) is 2.56. The van der Waals surface area contributed by atoms with Crippen molar-refractivity contribution in [1.82, 2.24) is 9.97 Å². The number of urea groups is 1. The molecule has 0 saturated carbocycles. The summed E-state index contributed by atoms with van der Waals surface area (Å²) in [4.78, 5) is 19.5. The highest BCUT2D eigenvalue weighted by Crippen LogP contribution is 2.23. The number of hydrogen-bond acceptors (Lipinski definition) is 5. The highest BCUT2D eigenvalue weighted by molar-refractivity contribution is 6.00. The minimum atomic E-state index is -0.895. The molecule has 7 nitrogen and oxygen atoms in total. The Kier molecular flexibility index (Phi) is 4.66. The van der Waals surface area contributed by atoms with E-state index in [1.54, 1.807) is 0 Å². The maximum atomic E-state index is 13.4. The van der Waals surface area contributed by atoms with Crippen molar-refractivity contribution in [3.63, 3.8) is 0 Å². The van der Waals surface area contributed by atoms with Crippen molar-refractivity contribution in [1.29, 1.82) is 0 Å². The summed E-state index contributed by atoms with van der Waals surface area (Å²) in [6.07, 6.45) is 1.24. The van der Waals surface area contributed by atoms with Crippen molar-refractivity contribution < 1.29 is 23.0 Å². The van der Waals surface area contributed by atoms with E-state index in [1.807, 2.05) is 0 Å². The summed E-state index contributed by atoms with van der Waals surface area (Å²) < 4.78 is 36.7. The van der Waals surface area contributed by atoms with Crippen LogP contribution in [0, 0.1) is 11.6 Å². The SMILES string of the molecule is COc1ncc(NC(=O)Nc2c(F)cccc2F)c(OC)n1. The number of nitrogens with one attached hydrogen (secondary N) is 2. The zero-order chi connectivity index (χ0) is 16.1. The maximum absolute atomic E-state index is 13.4. The van der Waals surface area contributed by atoms with E-state index in [9.17, 15) is 13.6 Å². The summed E-state index contributed by atoms with van der Waals surface area (Å²) in [5.41, 5.74) is -0.453. The van der Waals surface area contributed by atoms with Crippen molar-refractivity contribution in [3.05, 3.63) is 36.0 Å². The molecule has 2 amide bonds. The average molecular weight is 310 g/mol. The topological polar surface area (TPSA) is 85.4 Å². The van der Waals surface area contributed by atoms with E-state index < -0.39 is 23.4 Å². The molecule has 0 aliphatic rings. The number of rotatable bonds is 4. The van der Waals surface area contributed by atoms with Gasteiger partial charge in [-0.05, 0) is 12.1 Å². The van der Waals surface area contributed by atoms with Crippen LogP contribution in [0.2, 0.25) is 0 Å². The number of benzene rings is 1. The fourth-order valence-electron chi connectivity index (χ4n) is 1.57. The largest absolute Gasteiger partial charge is 0.479 e. The second kappa shape index (κ2) is 6.66. The molecule has 22 heavy (non-hydrogen) atoms. The number of anilines is 2. The first kappa shape index (κ1) is 15.4. The molecule has 1 aromatic carbocycles. The van der Waals surface area contributed by atoms with Crippen LogP contribution in [0.5, 0.6) is 11.9 Å². The van der Waals surface area contributed by atoms with Crippen LogP contribution in [0.1, 0.15) is 0 Å². The van der Waals surface area contributed by atoms with Gasteiger partial charge in [0.25, 0.3) is 0 Å². The van der Waals surface area contributed by atoms with Gasteiger partial charge in [-0.25, -0.2) is 18.6 Å². The number of hydrogen-bond donors (Lipinski definition) is 2. The number of carbonyl (C=O) groups is 1. The first-order valence-corrected chi connectivity index (χ1v) is 6.02. The first-order chi connectivity index (χ1) is 10.5. The molecule has 0 aliphatic carbocycles. The Morgan fingerprint density at radius 1 is 1.14 bits per heavy atom. The number of nitrogens with zero attached hydrogens (tertiary/aromatic N) is 2. The minimum absolute atomic E-state index is 0.0380. The lowest BCUT2D eigenvalue weighted by molar-refractivity contribution is 0.261. The summed E-state index contributed by atoms with van der Waals surface area (Å²) in [5.74, 6) is -1.75. The van der Waals surface area contributed by atoms with Gasteiger partial charge < -0.3 is 20.1 Å². The minimum Gasteiger partial charge on any atom is -0.479 e. The Morgan fingerprint density at radius 2 is 1.82 bits per heavy atom. The number of halogens is 2. The normalized spacial score (nSPS) is 10.0. The van der Waals surface area contributed by atoms with Crippen molar-refractivity contribution in [3.8, 4) is 11.9 Å². The Morgan fingerprint density at radius 3 is 2.41 bits per heavy atom. The third kappa shape index (κ3) is 3.37. The summed E-state index contributed by atoms with van der Waals surface area (Å²) in [6.45, 7) is 0. The zero-order valence-corrected chi connectivity index (χ0v) is 11.7. The fourth-order valence-corrected chi connectivity index (χ4v) is 1.57. The number of para-hydroxylation sites is 1. The summed E-state index contributed by atoms with van der Waals surface area (Å²) in [5, 5.41) is 4.39. The van der Waals surface area contributed by atoms with Crippen molar-refractivity contribution >= 4 is 17.4 Å². The van der Waals surface area contributed by atoms with Gasteiger partial charge >= 0.3 is 12.0 Å². The predicted octanol–water partition coefficient (Wildman–Crippen LogP) is 2.42. The van der Waals surface area contributed by atoms with Crippen LogP contribution in [0.3, 0.4) is 0 Å². The van der Waals surface area contributed by atoms with Gasteiger partial charge in [-0.15, -0.1) is 0 Å². The molecule has 0 bridgehead atoms. The van der Waals surface area contributed by atoms with Crippen LogP contribution >= 0.6 is 0 Å². The molecule has 0 atom stereocenters. The molecular weight excluding hydrogens is 298 g/mol. The molecular formula is C13H12F2N4O3. The lowest BCUT2D eigenvalue weighted by Gasteiger charge is -2.11. The standard InChI is InChI=1S/C13H12F2N4O3/c1-21-11-9(6-16-13(19-11)22-2)17-12(20)18-10-7(14)4-3-5-8(10)15/h3-6H,1-2H3,(H2,17,18,20). The van der Waals surface area contributed by atoms with Crippen LogP contribution in [0.25, 0.3) is 0 Å². The van der Waals surface area contributed by atoms with Crippen LogP contribution in [0.4, 0.5) is 25.0 Å². The monoisotopic (exact) mass is 310 g/mol. The second-order valence-corrected chi connectivity index (χ2v) is 3.96. The van der Waals surface area contributed by atoms with Gasteiger partial charge in [0.2, 0.25) is 5.88 Å². The molecule has 0 unspecified atom stereocenters. The van der Waals surface area contributed by atoms with Crippen molar-refractivity contribution in [2.75, 3.05) is 24.9 Å². The molecule has 2 N–H and O–H groups in total. The average Bonchev–Trinajstić information content (AvgIpc) is 2.51. The third-order valence-electron chi connectivity index (χ3n) is 2.56. The molecule has 0 saturated heterocycles. The molecule has 0 radical (unpaired) electrons. The summed E-state index contributed by atoms with van der Waals surface area (Å²) in [7, 11) is 2.71. The summed E-state index contributed by atoms with van der Waals surface area (Å²) >= 11 is 0. The fraction of sp³-hybridized carbons (Fsp3) is 0.154. The predicted molar refractivity (Wildman–Crippen MR) is 74.1 cm³/mol. The second-order valence-electron chi connectivity index (χ2n) is 3.96. The first-order valence-electron chi connectivity index (χ1n) is 6.02. The highest BCUT2D eigenvalue weighted by Gasteiger charge is 2.15. The van der Waals surface area contributed by atoms with E-state index in [0.717, 1.165) is 12.1 Å². The quantitative estimate of drug-likeness (QED) is 0.906. The molecule has 2 aromatic rings. The Balaban J connectivity index is 2.16. The molecule has 1 heterocycles. The van der Waals surface area contributed by atoms with Crippen molar-refractivity contribution in [2.24, 2.45) is 0 Å². The number of ether oxygens (including phenoxy) is 2. The Hall–Kier alpha value is -2.97. The van der Waals surface area contributed by atoms with E-state index in [0.29, 0.717) is 0 Å². The highest BCUT2D eigenvalue weighted by atomic mass is 19.1. The lowest BCUT2D eigenvalue weighted by atomic mass is 10.3. The van der Waals surface area contributed by atoms with Gasteiger partial charge in [-0.2, -0.15) is 4.98 Å². The van der Waals surface area contributed by atoms with Crippen molar-refractivity contribution in [2.45, 2.75) is 0 Å². The van der Waals surface area contributed by atoms with Gasteiger partial charge in [-0.3, -0.25) is 0 Å². The molecule has 0 aliphatic heterocycles. The van der Waals surface area contributed by atoms with Gasteiger partial charge in [0, 0.05) is 0 Å². The molecule has 116 valence electrons. The maximum Gasteiger partial charge on any atom is 0.324 e. The molecule has 0 fully saturated rings. The number of methoxy groups -OCH3 is 2. The molecule has 1 aromatic heterocycles. The number of aromatic nitrogens is 2. The van der Waals surface area contributed by atoms with Gasteiger partial charge in [0.05, 0.1) is 20.4 Å². The molecule has 9 heteroatoms. The number of amides is 2. The number of carbonyl (C=O) groups excluding carboxylic acids is 1. The van der Waals surface area contributed by atoms with E-state index in [-0.39, 0.29) is 17.6 Å². The van der Waals surface area contributed by atoms with Gasteiger partial charge in [0.15, 0.2) is 0 Å². The molecule has 2 rings (SSSR count). The van der Waals surface area contributed by atoms with Gasteiger partial charge in [-0.1, -0.05) is 6.07 Å². The van der Waals surface area contributed by atoms with E-state index in [4.69, 9.17) is 9.47 Å². The Labute approximate surface area is 124 Å². The molecule has 0 spiro atoms. The van der Waals surface area contributed by atoms with Gasteiger partial charge in [0.1, 0.15) is 23.0 Å². The lowest BCUT2D eigenvalue weighted by Crippen LogP contribution is -2.21. The van der Waals surface area contributed by atoms with Crippen LogP contribution < -0.4 is 20.1 Å².